The minimum Gasteiger partial charge on any atom is -0.206 e. The largest absolute Gasteiger partial charge is 0.289 e. The van der Waals surface area contributed by atoms with Crippen molar-refractivity contribution >= 4 is 54.1 Å². The Morgan fingerprint density at radius 1 is 0.828 bits per heavy atom. The molecule has 0 saturated carbocycles. The van der Waals surface area contributed by atoms with Crippen LogP contribution in [-0.4, -0.2) is 32.8 Å². The monoisotopic (exact) mass is 492 g/mol. The van der Waals surface area contributed by atoms with Crippen LogP contribution < -0.4 is 0 Å². The minimum atomic E-state index is -4.07. The van der Waals surface area contributed by atoms with E-state index < -0.39 is 30.9 Å². The fourth-order valence-corrected chi connectivity index (χ4v) is 8.80. The van der Waals surface area contributed by atoms with Crippen molar-refractivity contribution in [3.63, 3.8) is 0 Å². The Hall–Kier alpha value is -1.23. The first-order valence-corrected chi connectivity index (χ1v) is 13.3. The van der Waals surface area contributed by atoms with Gasteiger partial charge < -0.3 is 0 Å². The van der Waals surface area contributed by atoms with Gasteiger partial charge in [0.05, 0.1) is 9.79 Å². The van der Waals surface area contributed by atoms with Crippen LogP contribution in [0, 0.1) is 0 Å². The summed E-state index contributed by atoms with van der Waals surface area (Å²) in [5, 5.41) is 0.800. The summed E-state index contributed by atoms with van der Waals surface area (Å²) in [6, 6.07) is 11.3. The van der Waals surface area contributed by atoms with Gasteiger partial charge >= 0.3 is 0 Å². The van der Waals surface area contributed by atoms with Gasteiger partial charge in [0.15, 0.2) is 0 Å². The highest BCUT2D eigenvalue weighted by Crippen LogP contribution is 2.28. The maximum Gasteiger partial charge on any atom is 0.289 e. The van der Waals surface area contributed by atoms with E-state index in [0.29, 0.717) is 10.0 Å². The maximum atomic E-state index is 13.2. The maximum absolute atomic E-state index is 13.2. The molecule has 0 N–H and O–H groups in total. The molecule has 2 aromatic rings. The molecule has 0 bridgehead atoms. The molecule has 1 heterocycles. The highest BCUT2D eigenvalue weighted by atomic mass is 35.5. The Morgan fingerprint density at radius 2 is 1.31 bits per heavy atom. The van der Waals surface area contributed by atoms with Gasteiger partial charge in [-0.1, -0.05) is 34.3 Å². The third-order valence-electron chi connectivity index (χ3n) is 4.35. The molecule has 1 aliphatic heterocycles. The number of rotatable bonds is 4. The van der Waals surface area contributed by atoms with Crippen molar-refractivity contribution in [2.75, 3.05) is 12.3 Å². The van der Waals surface area contributed by atoms with Gasteiger partial charge in [0.25, 0.3) is 20.0 Å². The van der Waals surface area contributed by atoms with Gasteiger partial charge in [-0.15, -0.1) is 7.48 Å². The molecule has 0 aromatic heterocycles. The molecule has 0 amide bonds. The van der Waals surface area contributed by atoms with Gasteiger partial charge in [0, 0.05) is 33.2 Å². The molecule has 0 spiro atoms. The standard InChI is InChI=1S/C18H18Cl2N2O4S3/c1-13-11-22(29(25,26)18-9-5-16(20)6-10-18)27(12-14(13)2)21-28(23,24)17-7-3-15(19)4-8-17/h3-10H,11-12H2,1-2H3. The first-order chi connectivity index (χ1) is 13.5. The quantitative estimate of drug-likeness (QED) is 0.590. The summed E-state index contributed by atoms with van der Waals surface area (Å²) < 4.78 is 57.2. The van der Waals surface area contributed by atoms with Gasteiger partial charge in [-0.05, 0) is 62.4 Å². The number of sulfonamides is 2. The normalized spacial score (nSPS) is 19.0. The Labute approximate surface area is 183 Å². The fraction of sp³-hybridized carbons (Fsp3) is 0.222. The number of hydrogen-bond donors (Lipinski definition) is 0. The molecule has 6 nitrogen and oxygen atoms in total. The van der Waals surface area contributed by atoms with E-state index in [1.165, 1.54) is 48.5 Å². The summed E-state index contributed by atoms with van der Waals surface area (Å²) in [5.74, 6) is 0.214. The first kappa shape index (κ1) is 22.5. The van der Waals surface area contributed by atoms with Gasteiger partial charge in [0.2, 0.25) is 0 Å². The smallest absolute Gasteiger partial charge is 0.206 e. The van der Waals surface area contributed by atoms with E-state index >= 15 is 0 Å². The van der Waals surface area contributed by atoms with E-state index in [9.17, 15) is 16.8 Å². The highest BCUT2D eigenvalue weighted by molar-refractivity contribution is 8.06. The molecule has 2 aromatic carbocycles. The second-order valence-electron chi connectivity index (χ2n) is 6.47. The van der Waals surface area contributed by atoms with Crippen LogP contribution in [-0.2, 0) is 30.9 Å². The van der Waals surface area contributed by atoms with E-state index in [0.717, 1.165) is 14.9 Å². The van der Waals surface area contributed by atoms with Crippen molar-refractivity contribution in [2.45, 2.75) is 23.6 Å². The van der Waals surface area contributed by atoms with Crippen molar-refractivity contribution in [3.8, 4) is 0 Å². The highest BCUT2D eigenvalue weighted by Gasteiger charge is 2.33. The molecule has 11 heteroatoms. The molecular formula is C18H18Cl2N2O4S3. The van der Waals surface area contributed by atoms with Gasteiger partial charge in [-0.2, -0.15) is 8.42 Å². The molecule has 0 fully saturated rings. The van der Waals surface area contributed by atoms with Crippen LogP contribution in [0.15, 0.2) is 73.2 Å². The zero-order valence-electron chi connectivity index (χ0n) is 15.5. The van der Waals surface area contributed by atoms with Crippen LogP contribution in [0.4, 0.5) is 0 Å². The predicted molar refractivity (Wildman–Crippen MR) is 117 cm³/mol. The molecule has 3 rings (SSSR count). The first-order valence-electron chi connectivity index (χ1n) is 8.39. The van der Waals surface area contributed by atoms with E-state index in [-0.39, 0.29) is 22.1 Å². The number of benzene rings is 2. The zero-order valence-corrected chi connectivity index (χ0v) is 19.5. The third-order valence-corrected chi connectivity index (χ3v) is 11.1. The second-order valence-corrected chi connectivity index (χ2v) is 12.9. The summed E-state index contributed by atoms with van der Waals surface area (Å²) in [4.78, 5) is -0.00647. The van der Waals surface area contributed by atoms with Crippen LogP contribution in [0.25, 0.3) is 0 Å². The van der Waals surface area contributed by atoms with Gasteiger partial charge in [-0.3, -0.25) is 0 Å². The van der Waals surface area contributed by atoms with Gasteiger partial charge in [-0.25, -0.2) is 8.42 Å². The summed E-state index contributed by atoms with van der Waals surface area (Å²) in [6.07, 6.45) is 0. The summed E-state index contributed by atoms with van der Waals surface area (Å²) in [5.41, 5.74) is 1.79. The van der Waals surface area contributed by atoms with Crippen molar-refractivity contribution in [1.29, 1.82) is 0 Å². The summed E-state index contributed by atoms with van der Waals surface area (Å²) >= 11 is 11.7. The van der Waals surface area contributed by atoms with Crippen LogP contribution >= 0.6 is 23.2 Å². The summed E-state index contributed by atoms with van der Waals surface area (Å²) in [6.45, 7) is 3.75. The van der Waals surface area contributed by atoms with Gasteiger partial charge in [0.1, 0.15) is 0 Å². The van der Waals surface area contributed by atoms with Crippen LogP contribution in [0.1, 0.15) is 13.8 Å². The van der Waals surface area contributed by atoms with Crippen molar-refractivity contribution in [3.05, 3.63) is 69.7 Å². The van der Waals surface area contributed by atoms with Crippen LogP contribution in [0.5, 0.6) is 0 Å². The Bertz CT molecular complexity index is 1200. The molecule has 1 atom stereocenters. The summed E-state index contributed by atoms with van der Waals surface area (Å²) in [7, 11) is -9.47. The van der Waals surface area contributed by atoms with Crippen LogP contribution in [0.2, 0.25) is 10.0 Å². The van der Waals surface area contributed by atoms with E-state index in [1.807, 2.05) is 13.8 Å². The second kappa shape index (κ2) is 8.49. The Morgan fingerprint density at radius 3 is 1.83 bits per heavy atom. The Balaban J connectivity index is 2.10. The molecule has 29 heavy (non-hydrogen) atoms. The molecular weight excluding hydrogens is 475 g/mol. The fourth-order valence-electron chi connectivity index (χ4n) is 2.54. The molecule has 1 unspecified atom stereocenters. The van der Waals surface area contributed by atoms with E-state index in [4.69, 9.17) is 23.2 Å². The molecule has 1 aliphatic rings. The predicted octanol–water partition coefficient (Wildman–Crippen LogP) is 4.44. The van der Waals surface area contributed by atoms with E-state index in [1.54, 1.807) is 0 Å². The number of hydrogen-bond acceptors (Lipinski definition) is 4. The molecule has 0 aliphatic carbocycles. The molecule has 0 radical (unpaired) electrons. The van der Waals surface area contributed by atoms with E-state index in [2.05, 4.69) is 3.77 Å². The lowest BCUT2D eigenvalue weighted by Gasteiger charge is -2.30. The lowest BCUT2D eigenvalue weighted by atomic mass is 10.2. The molecule has 0 saturated heterocycles. The van der Waals surface area contributed by atoms with Crippen LogP contribution in [0.3, 0.4) is 0 Å². The third kappa shape index (κ3) is 4.92. The Kier molecular flexibility index (Phi) is 6.57. The average Bonchev–Trinajstić information content (AvgIpc) is 2.65. The lowest BCUT2D eigenvalue weighted by Crippen LogP contribution is -2.39. The SMILES string of the molecule is CC1=C(C)CS(=NS(=O)(=O)c2ccc(Cl)cc2)N(S(=O)(=O)c2ccc(Cl)cc2)C1. The lowest BCUT2D eigenvalue weighted by molar-refractivity contribution is 0.548. The topological polar surface area (TPSA) is 83.9 Å². The number of halogens is 2. The number of nitrogens with zero attached hydrogens (tertiary/aromatic N) is 2. The zero-order chi connectivity index (χ0) is 21.4. The van der Waals surface area contributed by atoms with Crippen molar-refractivity contribution in [2.24, 2.45) is 3.77 Å². The molecule has 156 valence electrons. The minimum absolute atomic E-state index is 0.0332. The van der Waals surface area contributed by atoms with Crippen molar-refractivity contribution < 1.29 is 16.8 Å². The average molecular weight is 493 g/mol. The van der Waals surface area contributed by atoms with Crippen molar-refractivity contribution in [1.82, 2.24) is 3.71 Å².